The van der Waals surface area contributed by atoms with Crippen LogP contribution in [0.15, 0.2) is 11.4 Å². The molecule has 2 saturated heterocycles. The molecule has 1 aromatic heterocycles. The number of thiophene rings is 1. The van der Waals surface area contributed by atoms with E-state index in [1.807, 2.05) is 0 Å². The van der Waals surface area contributed by atoms with Gasteiger partial charge < -0.3 is 14.5 Å². The van der Waals surface area contributed by atoms with Crippen molar-refractivity contribution in [2.24, 2.45) is 0 Å². The van der Waals surface area contributed by atoms with Gasteiger partial charge in [0, 0.05) is 56.9 Å². The van der Waals surface area contributed by atoms with Crippen LogP contribution in [0.4, 0.5) is 5.69 Å². The van der Waals surface area contributed by atoms with Crippen molar-refractivity contribution in [2.45, 2.75) is 6.10 Å². The third kappa shape index (κ3) is 3.65. The number of nitrogens with zero attached hydrogens (tertiary/aromatic N) is 3. The van der Waals surface area contributed by atoms with Gasteiger partial charge in [0.15, 0.2) is 0 Å². The second kappa shape index (κ2) is 6.62. The molecule has 0 spiro atoms. The van der Waals surface area contributed by atoms with E-state index in [0.29, 0.717) is 6.10 Å². The smallest absolute Gasteiger partial charge is 0.0949 e. The lowest BCUT2D eigenvalue weighted by Crippen LogP contribution is -2.51. The van der Waals surface area contributed by atoms with E-state index in [0.717, 1.165) is 56.8 Å². The Labute approximate surface area is 129 Å². The molecule has 0 radical (unpaired) electrons. The summed E-state index contributed by atoms with van der Waals surface area (Å²) in [6.07, 6.45) is 0.311. The van der Waals surface area contributed by atoms with Crippen LogP contribution in [0.3, 0.4) is 0 Å². The van der Waals surface area contributed by atoms with Gasteiger partial charge >= 0.3 is 0 Å². The highest BCUT2D eigenvalue weighted by atomic mass is 35.5. The predicted octanol–water partition coefficient (Wildman–Crippen LogP) is 1.85. The maximum atomic E-state index is 6.03. The van der Waals surface area contributed by atoms with E-state index in [4.69, 9.17) is 16.3 Å². The molecule has 4 nitrogen and oxygen atoms in total. The molecule has 0 N–H and O–H groups in total. The number of morpholine rings is 1. The highest BCUT2D eigenvalue weighted by Gasteiger charge is 2.24. The molecule has 3 heterocycles. The van der Waals surface area contributed by atoms with Crippen molar-refractivity contribution in [2.75, 3.05) is 64.4 Å². The molecular formula is C14H22ClN3OS. The van der Waals surface area contributed by atoms with Crippen molar-refractivity contribution in [1.29, 1.82) is 0 Å². The second-order valence-corrected chi connectivity index (χ2v) is 7.19. The van der Waals surface area contributed by atoms with E-state index in [1.165, 1.54) is 5.69 Å². The number of ether oxygens (including phenoxy) is 1. The zero-order valence-electron chi connectivity index (χ0n) is 11.9. The Bertz CT molecular complexity index is 434. The Morgan fingerprint density at radius 2 is 2.10 bits per heavy atom. The Balaban J connectivity index is 1.53. The number of likely N-dealkylation sites (N-methyl/N-ethyl adjacent to an activating group) is 1. The van der Waals surface area contributed by atoms with Gasteiger partial charge in [-0.2, -0.15) is 0 Å². The van der Waals surface area contributed by atoms with Crippen LogP contribution in [0.1, 0.15) is 0 Å². The minimum atomic E-state index is 0.311. The first-order valence-corrected chi connectivity index (χ1v) is 8.48. The fraction of sp³-hybridized carbons (Fsp3) is 0.714. The molecule has 2 aliphatic rings. The Kier molecular flexibility index (Phi) is 4.83. The van der Waals surface area contributed by atoms with Gasteiger partial charge in [-0.25, -0.2) is 0 Å². The fourth-order valence-electron chi connectivity index (χ4n) is 2.85. The Hall–Kier alpha value is -0.330. The summed E-state index contributed by atoms with van der Waals surface area (Å²) in [5.74, 6) is 0. The van der Waals surface area contributed by atoms with Crippen LogP contribution in [0, 0.1) is 0 Å². The van der Waals surface area contributed by atoms with Gasteiger partial charge in [0.2, 0.25) is 0 Å². The molecule has 20 heavy (non-hydrogen) atoms. The highest BCUT2D eigenvalue weighted by molar-refractivity contribution is 7.14. The van der Waals surface area contributed by atoms with Gasteiger partial charge in [0.25, 0.3) is 0 Å². The third-order valence-electron chi connectivity index (χ3n) is 4.12. The van der Waals surface area contributed by atoms with E-state index >= 15 is 0 Å². The van der Waals surface area contributed by atoms with Crippen molar-refractivity contribution in [1.82, 2.24) is 9.80 Å². The monoisotopic (exact) mass is 315 g/mol. The summed E-state index contributed by atoms with van der Waals surface area (Å²) in [4.78, 5) is 7.30. The summed E-state index contributed by atoms with van der Waals surface area (Å²) in [7, 11) is 2.19. The number of piperazine rings is 1. The topological polar surface area (TPSA) is 19.0 Å². The van der Waals surface area contributed by atoms with Crippen LogP contribution in [0.5, 0.6) is 0 Å². The van der Waals surface area contributed by atoms with E-state index in [1.54, 1.807) is 11.3 Å². The van der Waals surface area contributed by atoms with Gasteiger partial charge in [-0.3, -0.25) is 4.90 Å². The van der Waals surface area contributed by atoms with Gasteiger partial charge in [-0.15, -0.1) is 11.3 Å². The zero-order chi connectivity index (χ0) is 13.9. The Morgan fingerprint density at radius 1 is 1.30 bits per heavy atom. The summed E-state index contributed by atoms with van der Waals surface area (Å²) >= 11 is 7.64. The first-order chi connectivity index (χ1) is 9.70. The zero-order valence-corrected chi connectivity index (χ0v) is 13.5. The lowest BCUT2D eigenvalue weighted by molar-refractivity contribution is 0.00683. The van der Waals surface area contributed by atoms with Gasteiger partial charge in [0.1, 0.15) is 0 Å². The van der Waals surface area contributed by atoms with Crippen LogP contribution in [-0.2, 0) is 4.74 Å². The SMILES string of the molecule is CN1CCN(CC2CN(c3csc(Cl)c3)CCO2)CC1. The lowest BCUT2D eigenvalue weighted by Gasteiger charge is -2.38. The van der Waals surface area contributed by atoms with E-state index in [-0.39, 0.29) is 0 Å². The summed E-state index contributed by atoms with van der Waals surface area (Å²) < 4.78 is 6.80. The molecule has 112 valence electrons. The number of hydrogen-bond donors (Lipinski definition) is 0. The maximum absolute atomic E-state index is 6.03. The summed E-state index contributed by atoms with van der Waals surface area (Å²) in [6, 6.07) is 2.06. The molecule has 3 rings (SSSR count). The minimum Gasteiger partial charge on any atom is -0.373 e. The first kappa shape index (κ1) is 14.6. The van der Waals surface area contributed by atoms with Crippen molar-refractivity contribution >= 4 is 28.6 Å². The maximum Gasteiger partial charge on any atom is 0.0949 e. The van der Waals surface area contributed by atoms with Gasteiger partial charge in [-0.05, 0) is 13.1 Å². The molecule has 6 heteroatoms. The average molecular weight is 316 g/mol. The van der Waals surface area contributed by atoms with Crippen molar-refractivity contribution in [3.05, 3.63) is 15.8 Å². The standard InChI is InChI=1S/C14H22ClN3OS/c1-16-2-4-17(5-3-16)9-13-10-18(6-7-19-13)12-8-14(15)20-11-12/h8,11,13H,2-7,9-10H2,1H3. The van der Waals surface area contributed by atoms with Crippen molar-refractivity contribution in [3.8, 4) is 0 Å². The largest absolute Gasteiger partial charge is 0.373 e. The molecule has 0 amide bonds. The predicted molar refractivity (Wildman–Crippen MR) is 85.2 cm³/mol. The number of hydrogen-bond acceptors (Lipinski definition) is 5. The van der Waals surface area contributed by atoms with Crippen LogP contribution in [0.25, 0.3) is 0 Å². The molecular weight excluding hydrogens is 294 g/mol. The normalized spacial score (nSPS) is 26.1. The first-order valence-electron chi connectivity index (χ1n) is 7.22. The quantitative estimate of drug-likeness (QED) is 0.847. The molecule has 0 bridgehead atoms. The number of anilines is 1. The molecule has 1 atom stereocenters. The van der Waals surface area contributed by atoms with Gasteiger partial charge in [0.05, 0.1) is 17.0 Å². The lowest BCUT2D eigenvalue weighted by atomic mass is 10.2. The average Bonchev–Trinajstić information content (AvgIpc) is 2.89. The van der Waals surface area contributed by atoms with Crippen LogP contribution >= 0.6 is 22.9 Å². The summed E-state index contributed by atoms with van der Waals surface area (Å²) in [6.45, 7) is 8.42. The van der Waals surface area contributed by atoms with E-state index < -0.39 is 0 Å². The molecule has 0 aromatic carbocycles. The fourth-order valence-corrected chi connectivity index (χ4v) is 3.73. The van der Waals surface area contributed by atoms with E-state index in [2.05, 4.69) is 33.2 Å². The number of rotatable bonds is 3. The highest BCUT2D eigenvalue weighted by Crippen LogP contribution is 2.28. The van der Waals surface area contributed by atoms with Crippen LogP contribution < -0.4 is 4.90 Å². The third-order valence-corrected chi connectivity index (χ3v) is 5.19. The minimum absolute atomic E-state index is 0.311. The molecule has 2 aliphatic heterocycles. The summed E-state index contributed by atoms with van der Waals surface area (Å²) in [5.41, 5.74) is 1.24. The molecule has 1 aromatic rings. The molecule has 1 unspecified atom stereocenters. The molecule has 0 saturated carbocycles. The van der Waals surface area contributed by atoms with Crippen LogP contribution in [0.2, 0.25) is 4.34 Å². The molecule has 2 fully saturated rings. The van der Waals surface area contributed by atoms with Crippen molar-refractivity contribution < 1.29 is 4.74 Å². The van der Waals surface area contributed by atoms with Crippen molar-refractivity contribution in [3.63, 3.8) is 0 Å². The van der Waals surface area contributed by atoms with E-state index in [9.17, 15) is 0 Å². The summed E-state index contributed by atoms with van der Waals surface area (Å²) in [5, 5.41) is 2.14. The van der Waals surface area contributed by atoms with Crippen LogP contribution in [-0.4, -0.2) is 75.4 Å². The van der Waals surface area contributed by atoms with Gasteiger partial charge in [-0.1, -0.05) is 11.6 Å². The second-order valence-electron chi connectivity index (χ2n) is 5.65. The molecule has 0 aliphatic carbocycles. The Morgan fingerprint density at radius 3 is 2.80 bits per heavy atom. The number of halogens is 1.